The second kappa shape index (κ2) is 6.02. The molecule has 1 aliphatic heterocycles. The summed E-state index contributed by atoms with van der Waals surface area (Å²) in [7, 11) is 3.10. The first kappa shape index (κ1) is 17.6. The number of phenolic OH excluding ortho intramolecular Hbond substituents is 1. The molecule has 0 aliphatic carbocycles. The molecule has 5 rings (SSSR count). The summed E-state index contributed by atoms with van der Waals surface area (Å²) >= 11 is 6.20. The Morgan fingerprint density at radius 1 is 1.07 bits per heavy atom. The number of nitrogens with zero attached hydrogens (tertiary/aromatic N) is 3. The molecule has 8 heteroatoms. The minimum atomic E-state index is -0.515. The second-order valence-corrected chi connectivity index (χ2v) is 7.59. The van der Waals surface area contributed by atoms with Crippen molar-refractivity contribution in [2.75, 3.05) is 5.32 Å². The lowest BCUT2D eigenvalue weighted by atomic mass is 9.98. The van der Waals surface area contributed by atoms with Crippen LogP contribution < -0.4 is 16.6 Å². The van der Waals surface area contributed by atoms with Gasteiger partial charge in [-0.15, -0.1) is 0 Å². The molecule has 2 aromatic heterocycles. The Balaban J connectivity index is 1.96. The maximum absolute atomic E-state index is 12.8. The lowest BCUT2D eigenvalue weighted by molar-refractivity contribution is 0.465. The average Bonchev–Trinajstić information content (AvgIpc) is 3.13. The van der Waals surface area contributed by atoms with Crippen LogP contribution in [0.25, 0.3) is 16.6 Å². The number of rotatable bonds is 1. The van der Waals surface area contributed by atoms with Gasteiger partial charge in [-0.05, 0) is 30.3 Å². The quantitative estimate of drug-likeness (QED) is 0.507. The van der Waals surface area contributed by atoms with Crippen molar-refractivity contribution in [3.05, 3.63) is 85.8 Å². The summed E-state index contributed by atoms with van der Waals surface area (Å²) in [6.45, 7) is 0. The fourth-order valence-electron chi connectivity index (χ4n) is 4.10. The van der Waals surface area contributed by atoms with Gasteiger partial charge in [0.2, 0.25) is 0 Å². The molecular weight excluding hydrogens is 392 g/mol. The minimum absolute atomic E-state index is 0.0704. The zero-order valence-electron chi connectivity index (χ0n) is 15.7. The first-order chi connectivity index (χ1) is 13.9. The third kappa shape index (κ3) is 2.37. The van der Waals surface area contributed by atoms with Crippen LogP contribution in [-0.2, 0) is 14.1 Å². The molecule has 0 saturated heterocycles. The van der Waals surface area contributed by atoms with Gasteiger partial charge >= 0.3 is 5.69 Å². The van der Waals surface area contributed by atoms with Gasteiger partial charge in [-0.25, -0.2) is 4.79 Å². The molecule has 2 N–H and O–H groups in total. The molecule has 7 nitrogen and oxygen atoms in total. The van der Waals surface area contributed by atoms with Crippen LogP contribution in [0.2, 0.25) is 5.02 Å². The first-order valence-corrected chi connectivity index (χ1v) is 9.41. The third-order valence-electron chi connectivity index (χ3n) is 5.50. The van der Waals surface area contributed by atoms with E-state index < -0.39 is 11.7 Å². The summed E-state index contributed by atoms with van der Waals surface area (Å²) in [5, 5.41) is 14.9. The fourth-order valence-corrected chi connectivity index (χ4v) is 4.28. The smallest absolute Gasteiger partial charge is 0.331 e. The SMILES string of the molecule is Cn1c(=O)c2cn3c(c2n(C)c1=O)[C@H](c1cc(Cl)ccc1O)Nc1ccccc1-3. The van der Waals surface area contributed by atoms with E-state index in [0.717, 1.165) is 15.9 Å². The van der Waals surface area contributed by atoms with Crippen molar-refractivity contribution in [3.63, 3.8) is 0 Å². The van der Waals surface area contributed by atoms with Gasteiger partial charge < -0.3 is 15.0 Å². The molecule has 0 radical (unpaired) electrons. The summed E-state index contributed by atoms with van der Waals surface area (Å²) in [5.41, 5.74) is 2.68. The summed E-state index contributed by atoms with van der Waals surface area (Å²) in [6.07, 6.45) is 1.75. The van der Waals surface area contributed by atoms with Crippen molar-refractivity contribution in [1.29, 1.82) is 0 Å². The Kier molecular flexibility index (Phi) is 3.66. The van der Waals surface area contributed by atoms with Crippen LogP contribution in [0.5, 0.6) is 5.75 Å². The van der Waals surface area contributed by atoms with E-state index in [2.05, 4.69) is 5.32 Å². The minimum Gasteiger partial charge on any atom is -0.508 e. The summed E-state index contributed by atoms with van der Waals surface area (Å²) < 4.78 is 4.47. The van der Waals surface area contributed by atoms with Crippen molar-refractivity contribution < 1.29 is 5.11 Å². The zero-order valence-corrected chi connectivity index (χ0v) is 16.4. The van der Waals surface area contributed by atoms with E-state index in [9.17, 15) is 14.7 Å². The molecule has 0 fully saturated rings. The Labute approximate surface area is 170 Å². The van der Waals surface area contributed by atoms with Gasteiger partial charge in [0.15, 0.2) is 0 Å². The number of nitrogens with one attached hydrogen (secondary N) is 1. The van der Waals surface area contributed by atoms with Crippen molar-refractivity contribution in [2.45, 2.75) is 6.04 Å². The van der Waals surface area contributed by atoms with Gasteiger partial charge in [0.1, 0.15) is 5.75 Å². The number of fused-ring (bicyclic) bond motifs is 5. The number of halogens is 1. The van der Waals surface area contributed by atoms with Crippen LogP contribution in [0, 0.1) is 0 Å². The number of aryl methyl sites for hydroxylation is 1. The van der Waals surface area contributed by atoms with Crippen molar-refractivity contribution in [3.8, 4) is 11.4 Å². The van der Waals surface area contributed by atoms with Gasteiger partial charge in [-0.3, -0.25) is 13.9 Å². The lowest BCUT2D eigenvalue weighted by Crippen LogP contribution is -2.37. The van der Waals surface area contributed by atoms with Crippen LogP contribution in [0.4, 0.5) is 5.69 Å². The van der Waals surface area contributed by atoms with Crippen molar-refractivity contribution in [1.82, 2.24) is 13.7 Å². The highest BCUT2D eigenvalue weighted by molar-refractivity contribution is 6.30. The number of hydrogen-bond acceptors (Lipinski definition) is 4. The molecule has 1 aliphatic rings. The monoisotopic (exact) mass is 408 g/mol. The third-order valence-corrected chi connectivity index (χ3v) is 5.73. The van der Waals surface area contributed by atoms with E-state index in [-0.39, 0.29) is 11.3 Å². The number of phenols is 1. The molecule has 29 heavy (non-hydrogen) atoms. The number of aromatic nitrogens is 3. The molecule has 1 atom stereocenters. The predicted molar refractivity (Wildman–Crippen MR) is 112 cm³/mol. The molecule has 0 spiro atoms. The van der Waals surface area contributed by atoms with E-state index in [1.54, 1.807) is 25.4 Å². The van der Waals surface area contributed by atoms with E-state index >= 15 is 0 Å². The van der Waals surface area contributed by atoms with Gasteiger partial charge in [-0.1, -0.05) is 23.7 Å². The molecule has 0 unspecified atom stereocenters. The van der Waals surface area contributed by atoms with E-state index in [1.165, 1.54) is 17.7 Å². The topological polar surface area (TPSA) is 81.2 Å². The van der Waals surface area contributed by atoms with Crippen molar-refractivity contribution in [2.24, 2.45) is 14.1 Å². The Morgan fingerprint density at radius 3 is 2.62 bits per heavy atom. The Morgan fingerprint density at radius 2 is 1.83 bits per heavy atom. The summed E-state index contributed by atoms with van der Waals surface area (Å²) in [5.74, 6) is 0.0704. The standard InChI is InChI=1S/C21H17ClN4O3/c1-24-18-13(20(28)25(2)21(24)29)10-26-15-6-4-3-5-14(15)23-17(19(18)26)12-9-11(22)7-8-16(12)27/h3-10,17,23,27H,1-2H3/t17-/m0/s1. The van der Waals surface area contributed by atoms with Crippen molar-refractivity contribution >= 4 is 28.2 Å². The van der Waals surface area contributed by atoms with Crippen LogP contribution >= 0.6 is 11.6 Å². The molecule has 0 amide bonds. The molecule has 2 aromatic carbocycles. The summed E-state index contributed by atoms with van der Waals surface area (Å²) in [6, 6.07) is 12.0. The van der Waals surface area contributed by atoms with E-state index in [0.29, 0.717) is 27.2 Å². The van der Waals surface area contributed by atoms with Crippen LogP contribution in [-0.4, -0.2) is 18.8 Å². The molecule has 146 valence electrons. The lowest BCUT2D eigenvalue weighted by Gasteiger charge is -2.30. The second-order valence-electron chi connectivity index (χ2n) is 7.15. The average molecular weight is 409 g/mol. The molecule has 4 aromatic rings. The largest absolute Gasteiger partial charge is 0.508 e. The van der Waals surface area contributed by atoms with E-state index in [4.69, 9.17) is 11.6 Å². The fraction of sp³-hybridized carbons (Fsp3) is 0.143. The predicted octanol–water partition coefficient (Wildman–Crippen LogP) is 2.90. The van der Waals surface area contributed by atoms with Crippen LogP contribution in [0.1, 0.15) is 17.3 Å². The molecule has 0 bridgehead atoms. The van der Waals surface area contributed by atoms with E-state index in [1.807, 2.05) is 28.8 Å². The Hall–Kier alpha value is -3.45. The van der Waals surface area contributed by atoms with Crippen LogP contribution in [0.3, 0.4) is 0 Å². The van der Waals surface area contributed by atoms with Gasteiger partial charge in [0, 0.05) is 30.9 Å². The molecular formula is C21H17ClN4O3. The number of anilines is 1. The number of benzene rings is 2. The van der Waals surface area contributed by atoms with Crippen LogP contribution in [0.15, 0.2) is 58.3 Å². The number of hydrogen-bond donors (Lipinski definition) is 2. The highest BCUT2D eigenvalue weighted by Gasteiger charge is 2.32. The zero-order chi connectivity index (χ0) is 20.4. The number of aromatic hydroxyl groups is 1. The normalized spacial score (nSPS) is 15.1. The number of para-hydroxylation sites is 2. The maximum Gasteiger partial charge on any atom is 0.331 e. The molecule has 0 saturated carbocycles. The van der Waals surface area contributed by atoms with Gasteiger partial charge in [-0.2, -0.15) is 0 Å². The molecule has 3 heterocycles. The first-order valence-electron chi connectivity index (χ1n) is 9.04. The highest BCUT2D eigenvalue weighted by atomic mass is 35.5. The maximum atomic E-state index is 12.8. The van der Waals surface area contributed by atoms with Gasteiger partial charge in [0.05, 0.1) is 34.0 Å². The van der Waals surface area contributed by atoms with Gasteiger partial charge in [0.25, 0.3) is 5.56 Å². The highest BCUT2D eigenvalue weighted by Crippen LogP contribution is 2.43. The Bertz CT molecular complexity index is 1430. The summed E-state index contributed by atoms with van der Waals surface area (Å²) in [4.78, 5) is 25.5.